The molecule has 1 aromatic rings. The van der Waals surface area contributed by atoms with Crippen molar-refractivity contribution in [3.8, 4) is 0 Å². The summed E-state index contributed by atoms with van der Waals surface area (Å²) in [7, 11) is 0. The normalized spacial score (nSPS) is 18.9. The van der Waals surface area contributed by atoms with Crippen LogP contribution in [0.5, 0.6) is 0 Å². The third-order valence-corrected chi connectivity index (χ3v) is 3.84. The van der Waals surface area contributed by atoms with Crippen LogP contribution < -0.4 is 5.32 Å². The Morgan fingerprint density at radius 1 is 1.58 bits per heavy atom. The molecule has 1 heterocycles. The van der Waals surface area contributed by atoms with Crippen molar-refractivity contribution in [3.63, 3.8) is 0 Å². The van der Waals surface area contributed by atoms with E-state index >= 15 is 0 Å². The topological polar surface area (TPSA) is 32.3 Å². The van der Waals surface area contributed by atoms with Crippen molar-refractivity contribution in [2.24, 2.45) is 0 Å². The summed E-state index contributed by atoms with van der Waals surface area (Å²) in [6.45, 7) is 4.30. The van der Waals surface area contributed by atoms with Crippen LogP contribution in [0, 0.1) is 5.82 Å². The highest BCUT2D eigenvalue weighted by molar-refractivity contribution is 9.10. The van der Waals surface area contributed by atoms with E-state index in [-0.39, 0.29) is 30.6 Å². The first-order chi connectivity index (χ1) is 8.56. The van der Waals surface area contributed by atoms with E-state index in [4.69, 9.17) is 0 Å². The number of nitrogens with one attached hydrogen (secondary N) is 1. The van der Waals surface area contributed by atoms with Crippen LogP contribution in [0.1, 0.15) is 12.5 Å². The molecule has 0 saturated carbocycles. The fourth-order valence-electron chi connectivity index (χ4n) is 2.11. The van der Waals surface area contributed by atoms with Crippen molar-refractivity contribution in [2.45, 2.75) is 19.4 Å². The van der Waals surface area contributed by atoms with E-state index in [1.165, 1.54) is 12.1 Å². The highest BCUT2D eigenvalue weighted by atomic mass is 79.9. The number of carbonyl (C=O) groups excluding carboxylic acids is 1. The number of carbonyl (C=O) groups is 1. The lowest BCUT2D eigenvalue weighted by atomic mass is 10.1. The first-order valence-electron chi connectivity index (χ1n) is 6.01. The number of halogens is 3. The summed E-state index contributed by atoms with van der Waals surface area (Å²) < 4.78 is 13.9. The Morgan fingerprint density at radius 2 is 2.32 bits per heavy atom. The van der Waals surface area contributed by atoms with Gasteiger partial charge in [0.2, 0.25) is 5.91 Å². The van der Waals surface area contributed by atoms with Crippen molar-refractivity contribution in [3.05, 3.63) is 34.1 Å². The van der Waals surface area contributed by atoms with Gasteiger partial charge in [-0.15, -0.1) is 12.4 Å². The molecule has 0 bridgehead atoms. The first kappa shape index (κ1) is 16.4. The van der Waals surface area contributed by atoms with Gasteiger partial charge in [0.25, 0.3) is 0 Å². The van der Waals surface area contributed by atoms with Crippen LogP contribution in [0.4, 0.5) is 4.39 Å². The first-order valence-corrected chi connectivity index (χ1v) is 6.80. The Labute approximate surface area is 127 Å². The van der Waals surface area contributed by atoms with Crippen LogP contribution in [0.3, 0.4) is 0 Å². The smallest absolute Gasteiger partial charge is 0.227 e. The molecule has 1 atom stereocenters. The SMILES string of the molecule is C[C@H]1CN(C(=O)Cc2cc(F)ccc2Br)CCN1.Cl. The average molecular weight is 352 g/mol. The molecule has 0 aliphatic carbocycles. The van der Waals surface area contributed by atoms with E-state index in [1.54, 1.807) is 6.07 Å². The molecule has 1 aliphatic rings. The van der Waals surface area contributed by atoms with Crippen LogP contribution in [0.2, 0.25) is 0 Å². The van der Waals surface area contributed by atoms with Gasteiger partial charge in [0, 0.05) is 30.1 Å². The third-order valence-electron chi connectivity index (χ3n) is 3.07. The number of nitrogens with zero attached hydrogens (tertiary/aromatic N) is 1. The molecule has 1 aliphatic heterocycles. The zero-order valence-corrected chi connectivity index (χ0v) is 13.1. The highest BCUT2D eigenvalue weighted by Crippen LogP contribution is 2.19. The molecule has 1 N–H and O–H groups in total. The van der Waals surface area contributed by atoms with E-state index in [9.17, 15) is 9.18 Å². The monoisotopic (exact) mass is 350 g/mol. The van der Waals surface area contributed by atoms with Gasteiger partial charge in [-0.25, -0.2) is 4.39 Å². The van der Waals surface area contributed by atoms with Gasteiger partial charge >= 0.3 is 0 Å². The molecular formula is C13H17BrClFN2O. The van der Waals surface area contributed by atoms with Crippen molar-refractivity contribution in [1.29, 1.82) is 0 Å². The predicted octanol–water partition coefficient (Wildman–Crippen LogP) is 2.37. The molecule has 1 fully saturated rings. The van der Waals surface area contributed by atoms with Crippen LogP contribution in [-0.2, 0) is 11.2 Å². The molecule has 2 rings (SSSR count). The maximum atomic E-state index is 13.1. The quantitative estimate of drug-likeness (QED) is 0.887. The Morgan fingerprint density at radius 3 is 3.00 bits per heavy atom. The number of hydrogen-bond donors (Lipinski definition) is 1. The molecule has 0 unspecified atom stereocenters. The average Bonchev–Trinajstić information content (AvgIpc) is 2.34. The highest BCUT2D eigenvalue weighted by Gasteiger charge is 2.21. The van der Waals surface area contributed by atoms with E-state index < -0.39 is 0 Å². The van der Waals surface area contributed by atoms with Crippen molar-refractivity contribution in [1.82, 2.24) is 10.2 Å². The van der Waals surface area contributed by atoms with Gasteiger partial charge in [0.15, 0.2) is 0 Å². The van der Waals surface area contributed by atoms with E-state index in [0.717, 1.165) is 17.6 Å². The standard InChI is InChI=1S/C13H16BrFN2O.ClH/c1-9-8-17(5-4-16-9)13(18)7-10-6-11(15)2-3-12(10)14;/h2-3,6,9,16H,4-5,7-8H2,1H3;1H/t9-;/m0./s1. The summed E-state index contributed by atoms with van der Waals surface area (Å²) in [6, 6.07) is 4.75. The lowest BCUT2D eigenvalue weighted by Crippen LogP contribution is -2.51. The van der Waals surface area contributed by atoms with E-state index in [0.29, 0.717) is 18.2 Å². The second kappa shape index (κ2) is 7.22. The lowest BCUT2D eigenvalue weighted by Gasteiger charge is -2.32. The van der Waals surface area contributed by atoms with Crippen LogP contribution in [0.25, 0.3) is 0 Å². The van der Waals surface area contributed by atoms with Gasteiger partial charge in [-0.1, -0.05) is 15.9 Å². The zero-order valence-electron chi connectivity index (χ0n) is 10.7. The molecule has 19 heavy (non-hydrogen) atoms. The Balaban J connectivity index is 0.00000180. The van der Waals surface area contributed by atoms with Crippen molar-refractivity contribution >= 4 is 34.2 Å². The molecular weight excluding hydrogens is 335 g/mol. The Kier molecular flexibility index (Phi) is 6.23. The van der Waals surface area contributed by atoms with Gasteiger partial charge in [-0.05, 0) is 30.7 Å². The van der Waals surface area contributed by atoms with Crippen molar-refractivity contribution in [2.75, 3.05) is 19.6 Å². The molecule has 0 aromatic heterocycles. The molecule has 106 valence electrons. The van der Waals surface area contributed by atoms with Crippen LogP contribution >= 0.6 is 28.3 Å². The number of rotatable bonds is 2. The molecule has 6 heteroatoms. The summed E-state index contributed by atoms with van der Waals surface area (Å²) in [6.07, 6.45) is 0.241. The number of benzene rings is 1. The minimum atomic E-state index is -0.310. The van der Waals surface area contributed by atoms with Gasteiger partial charge in [-0.3, -0.25) is 4.79 Å². The lowest BCUT2D eigenvalue weighted by molar-refractivity contribution is -0.131. The maximum Gasteiger partial charge on any atom is 0.227 e. The van der Waals surface area contributed by atoms with Gasteiger partial charge in [0.1, 0.15) is 5.82 Å². The summed E-state index contributed by atoms with van der Waals surface area (Å²) in [4.78, 5) is 14.0. The summed E-state index contributed by atoms with van der Waals surface area (Å²) in [5.41, 5.74) is 0.700. The summed E-state index contributed by atoms with van der Waals surface area (Å²) >= 11 is 3.35. The van der Waals surface area contributed by atoms with Crippen LogP contribution in [-0.4, -0.2) is 36.5 Å². The predicted molar refractivity (Wildman–Crippen MR) is 79.1 cm³/mol. The summed E-state index contributed by atoms with van der Waals surface area (Å²) in [5.74, 6) is -0.260. The Hall–Kier alpha value is -0.650. The molecule has 1 aromatic carbocycles. The Bertz CT molecular complexity index is 458. The zero-order chi connectivity index (χ0) is 13.1. The van der Waals surface area contributed by atoms with Crippen molar-refractivity contribution < 1.29 is 9.18 Å². The fraction of sp³-hybridized carbons (Fsp3) is 0.462. The minimum Gasteiger partial charge on any atom is -0.340 e. The number of piperazine rings is 1. The number of amides is 1. The minimum absolute atomic E-state index is 0. The largest absolute Gasteiger partial charge is 0.340 e. The second-order valence-corrected chi connectivity index (χ2v) is 5.46. The van der Waals surface area contributed by atoms with Gasteiger partial charge in [-0.2, -0.15) is 0 Å². The molecule has 0 radical (unpaired) electrons. The molecule has 1 amide bonds. The molecule has 3 nitrogen and oxygen atoms in total. The third kappa shape index (κ3) is 4.44. The molecule has 1 saturated heterocycles. The van der Waals surface area contributed by atoms with Gasteiger partial charge in [0.05, 0.1) is 6.42 Å². The fourth-order valence-corrected chi connectivity index (χ4v) is 2.50. The van der Waals surface area contributed by atoms with Crippen LogP contribution in [0.15, 0.2) is 22.7 Å². The molecule has 0 spiro atoms. The van der Waals surface area contributed by atoms with E-state index in [2.05, 4.69) is 28.2 Å². The number of hydrogen-bond acceptors (Lipinski definition) is 2. The second-order valence-electron chi connectivity index (χ2n) is 4.61. The van der Waals surface area contributed by atoms with E-state index in [1.807, 2.05) is 4.90 Å². The maximum absolute atomic E-state index is 13.1. The van der Waals surface area contributed by atoms with Gasteiger partial charge < -0.3 is 10.2 Å². The summed E-state index contributed by atoms with van der Waals surface area (Å²) in [5, 5.41) is 3.29.